The van der Waals surface area contributed by atoms with E-state index in [1.807, 2.05) is 14.0 Å². The van der Waals surface area contributed by atoms with Gasteiger partial charge in [-0.15, -0.1) is 0 Å². The minimum absolute atomic E-state index is 0.0601. The number of rotatable bonds is 2. The van der Waals surface area contributed by atoms with Gasteiger partial charge in [0, 0.05) is 24.7 Å². The molecule has 0 aliphatic heterocycles. The van der Waals surface area contributed by atoms with E-state index < -0.39 is 5.82 Å². The van der Waals surface area contributed by atoms with E-state index in [2.05, 4.69) is 20.4 Å². The summed E-state index contributed by atoms with van der Waals surface area (Å²) in [5, 5.41) is 7.92. The van der Waals surface area contributed by atoms with Crippen LogP contribution in [0.5, 0.6) is 0 Å². The van der Waals surface area contributed by atoms with Crippen LogP contribution in [0.1, 0.15) is 5.69 Å². The zero-order valence-electron chi connectivity index (χ0n) is 10.9. The Balaban J connectivity index is 2.00. The molecule has 102 valence electrons. The standard InChI is InChI=1S/C13H11ClFN5/c1-7-12(6-17-20(7)2)19-13-16-5-8-3-9(14)10(15)4-11(8)18-13/h3-6H,1-2H3,(H,16,18,19). The lowest BCUT2D eigenvalue weighted by atomic mass is 10.2. The molecule has 0 saturated carbocycles. The summed E-state index contributed by atoms with van der Waals surface area (Å²) in [5.41, 5.74) is 2.25. The first-order valence-electron chi connectivity index (χ1n) is 5.92. The lowest BCUT2D eigenvalue weighted by Gasteiger charge is -2.05. The van der Waals surface area contributed by atoms with Gasteiger partial charge < -0.3 is 5.32 Å². The average Bonchev–Trinajstić information content (AvgIpc) is 2.72. The summed E-state index contributed by atoms with van der Waals surface area (Å²) in [6.45, 7) is 1.93. The normalized spacial score (nSPS) is 11.0. The second-order valence-corrected chi connectivity index (χ2v) is 4.82. The third-order valence-electron chi connectivity index (χ3n) is 3.10. The van der Waals surface area contributed by atoms with E-state index >= 15 is 0 Å². The van der Waals surface area contributed by atoms with Crippen molar-refractivity contribution in [2.24, 2.45) is 7.05 Å². The van der Waals surface area contributed by atoms with E-state index in [1.165, 1.54) is 12.1 Å². The number of fused-ring (bicyclic) bond motifs is 1. The first-order chi connectivity index (χ1) is 9.54. The lowest BCUT2D eigenvalue weighted by molar-refractivity contribution is 0.630. The third-order valence-corrected chi connectivity index (χ3v) is 3.39. The van der Waals surface area contributed by atoms with Gasteiger partial charge in [-0.3, -0.25) is 4.68 Å². The van der Waals surface area contributed by atoms with Gasteiger partial charge in [0.1, 0.15) is 5.82 Å². The minimum Gasteiger partial charge on any atom is -0.321 e. The molecule has 5 nitrogen and oxygen atoms in total. The summed E-state index contributed by atoms with van der Waals surface area (Å²) in [5.74, 6) is -0.114. The largest absolute Gasteiger partial charge is 0.321 e. The fourth-order valence-corrected chi connectivity index (χ4v) is 2.00. The number of benzene rings is 1. The van der Waals surface area contributed by atoms with Crippen LogP contribution in [0.4, 0.5) is 16.0 Å². The summed E-state index contributed by atoms with van der Waals surface area (Å²) in [6.07, 6.45) is 3.28. The van der Waals surface area contributed by atoms with Gasteiger partial charge in [-0.1, -0.05) is 11.6 Å². The van der Waals surface area contributed by atoms with Gasteiger partial charge in [-0.05, 0) is 13.0 Å². The zero-order valence-corrected chi connectivity index (χ0v) is 11.6. The van der Waals surface area contributed by atoms with Crippen LogP contribution < -0.4 is 5.32 Å². The molecule has 0 fully saturated rings. The second-order valence-electron chi connectivity index (χ2n) is 4.41. The molecule has 0 saturated heterocycles. The van der Waals surface area contributed by atoms with Crippen molar-refractivity contribution in [3.63, 3.8) is 0 Å². The third kappa shape index (κ3) is 2.18. The van der Waals surface area contributed by atoms with Crippen molar-refractivity contribution in [2.45, 2.75) is 6.92 Å². The molecule has 2 heterocycles. The van der Waals surface area contributed by atoms with Gasteiger partial charge >= 0.3 is 0 Å². The predicted molar refractivity (Wildman–Crippen MR) is 75.7 cm³/mol. The van der Waals surface area contributed by atoms with Crippen LogP contribution in [0.3, 0.4) is 0 Å². The highest BCUT2D eigenvalue weighted by molar-refractivity contribution is 6.31. The number of aromatic nitrogens is 4. The Morgan fingerprint density at radius 2 is 2.10 bits per heavy atom. The minimum atomic E-state index is -0.499. The molecule has 3 rings (SSSR count). The SMILES string of the molecule is Cc1c(Nc2ncc3cc(Cl)c(F)cc3n2)cnn1C. The summed E-state index contributed by atoms with van der Waals surface area (Å²) >= 11 is 5.72. The molecule has 1 N–H and O–H groups in total. The number of nitrogens with zero attached hydrogens (tertiary/aromatic N) is 4. The molecule has 2 aromatic heterocycles. The van der Waals surface area contributed by atoms with Crippen molar-refractivity contribution >= 4 is 34.1 Å². The van der Waals surface area contributed by atoms with Crippen LogP contribution >= 0.6 is 11.6 Å². The van der Waals surface area contributed by atoms with E-state index in [1.54, 1.807) is 17.1 Å². The quantitative estimate of drug-likeness (QED) is 0.788. The number of hydrogen-bond donors (Lipinski definition) is 1. The monoisotopic (exact) mass is 291 g/mol. The Morgan fingerprint density at radius 1 is 1.30 bits per heavy atom. The molecule has 0 spiro atoms. The number of hydrogen-bond acceptors (Lipinski definition) is 4. The molecule has 0 aliphatic rings. The van der Waals surface area contributed by atoms with E-state index in [0.717, 1.165) is 11.4 Å². The highest BCUT2D eigenvalue weighted by Crippen LogP contribution is 2.23. The summed E-state index contributed by atoms with van der Waals surface area (Å²) in [7, 11) is 1.85. The van der Waals surface area contributed by atoms with Gasteiger partial charge in [0.2, 0.25) is 5.95 Å². The van der Waals surface area contributed by atoms with Crippen LogP contribution in [0.15, 0.2) is 24.5 Å². The topological polar surface area (TPSA) is 55.6 Å². The summed E-state index contributed by atoms with van der Waals surface area (Å²) in [6, 6.07) is 2.80. The molecule has 20 heavy (non-hydrogen) atoms. The first-order valence-corrected chi connectivity index (χ1v) is 6.30. The highest BCUT2D eigenvalue weighted by atomic mass is 35.5. The Morgan fingerprint density at radius 3 is 2.80 bits per heavy atom. The van der Waals surface area contributed by atoms with Gasteiger partial charge in [0.25, 0.3) is 0 Å². The van der Waals surface area contributed by atoms with Gasteiger partial charge in [-0.25, -0.2) is 14.4 Å². The van der Waals surface area contributed by atoms with E-state index in [9.17, 15) is 4.39 Å². The molecular formula is C13H11ClFN5. The van der Waals surface area contributed by atoms with Crippen molar-refractivity contribution in [3.8, 4) is 0 Å². The fourth-order valence-electron chi connectivity index (χ4n) is 1.83. The van der Waals surface area contributed by atoms with Crippen LogP contribution in [0.2, 0.25) is 5.02 Å². The average molecular weight is 292 g/mol. The maximum atomic E-state index is 13.4. The van der Waals surface area contributed by atoms with E-state index in [-0.39, 0.29) is 5.02 Å². The predicted octanol–water partition coefficient (Wildman–Crippen LogP) is 3.21. The van der Waals surface area contributed by atoms with Crippen molar-refractivity contribution in [3.05, 3.63) is 41.1 Å². The smallest absolute Gasteiger partial charge is 0.227 e. The molecule has 0 aliphatic carbocycles. The van der Waals surface area contributed by atoms with Gasteiger partial charge in [-0.2, -0.15) is 5.10 Å². The van der Waals surface area contributed by atoms with Crippen LogP contribution in [0.25, 0.3) is 10.9 Å². The van der Waals surface area contributed by atoms with Crippen molar-refractivity contribution in [2.75, 3.05) is 5.32 Å². The number of anilines is 2. The van der Waals surface area contributed by atoms with Crippen LogP contribution in [-0.2, 0) is 7.05 Å². The molecule has 0 amide bonds. The van der Waals surface area contributed by atoms with E-state index in [4.69, 9.17) is 11.6 Å². The first kappa shape index (κ1) is 12.8. The summed E-state index contributed by atoms with van der Waals surface area (Å²) in [4.78, 5) is 8.45. The van der Waals surface area contributed by atoms with Crippen LogP contribution in [0, 0.1) is 12.7 Å². The Labute approximate surface area is 119 Å². The maximum Gasteiger partial charge on any atom is 0.227 e. The van der Waals surface area contributed by atoms with Crippen molar-refractivity contribution in [1.29, 1.82) is 0 Å². The van der Waals surface area contributed by atoms with Crippen LogP contribution in [-0.4, -0.2) is 19.7 Å². The molecule has 3 aromatic rings. The molecule has 0 atom stereocenters. The molecule has 1 aromatic carbocycles. The summed E-state index contributed by atoms with van der Waals surface area (Å²) < 4.78 is 15.2. The fraction of sp³-hybridized carbons (Fsp3) is 0.154. The number of nitrogens with one attached hydrogen (secondary N) is 1. The zero-order chi connectivity index (χ0) is 14.3. The van der Waals surface area contributed by atoms with Crippen molar-refractivity contribution < 1.29 is 4.39 Å². The Bertz CT molecular complexity index is 799. The second kappa shape index (κ2) is 4.72. The van der Waals surface area contributed by atoms with E-state index in [0.29, 0.717) is 16.9 Å². The molecular weight excluding hydrogens is 281 g/mol. The molecule has 0 unspecified atom stereocenters. The van der Waals surface area contributed by atoms with Crippen molar-refractivity contribution in [1.82, 2.24) is 19.7 Å². The Kier molecular flexibility index (Phi) is 3.02. The number of aryl methyl sites for hydroxylation is 1. The molecule has 0 radical (unpaired) electrons. The number of halogens is 2. The lowest BCUT2D eigenvalue weighted by Crippen LogP contribution is -1.99. The van der Waals surface area contributed by atoms with Gasteiger partial charge in [0.15, 0.2) is 0 Å². The van der Waals surface area contributed by atoms with Gasteiger partial charge in [0.05, 0.1) is 28.1 Å². The highest BCUT2D eigenvalue weighted by Gasteiger charge is 2.08. The Hall–Kier alpha value is -2.21. The molecule has 0 bridgehead atoms. The maximum absolute atomic E-state index is 13.4. The molecule has 7 heteroatoms.